The second-order valence-electron chi connectivity index (χ2n) is 6.32. The molecule has 0 aromatic heterocycles. The maximum absolute atomic E-state index is 12.1. The van der Waals surface area contributed by atoms with Crippen LogP contribution in [0.25, 0.3) is 10.8 Å². The molecule has 0 aliphatic rings. The highest BCUT2D eigenvalue weighted by Crippen LogP contribution is 2.35. The fourth-order valence-electron chi connectivity index (χ4n) is 2.76. The van der Waals surface area contributed by atoms with Crippen LogP contribution in [0.4, 0.5) is 4.79 Å². The third-order valence-corrected chi connectivity index (χ3v) is 4.17. The van der Waals surface area contributed by atoms with E-state index in [2.05, 4.69) is 11.9 Å². The Labute approximate surface area is 180 Å². The van der Waals surface area contributed by atoms with Gasteiger partial charge in [0.05, 0.1) is 13.2 Å². The van der Waals surface area contributed by atoms with E-state index in [1.807, 2.05) is 54.6 Å². The zero-order valence-electron chi connectivity index (χ0n) is 16.9. The Bertz CT molecular complexity index is 1030. The lowest BCUT2D eigenvalue weighted by molar-refractivity contribution is -0.139. The third-order valence-electron chi connectivity index (χ3n) is 4.17. The van der Waals surface area contributed by atoms with Gasteiger partial charge in [-0.05, 0) is 24.3 Å². The number of carbonyl (C=O) groups is 2. The Morgan fingerprint density at radius 1 is 0.839 bits per heavy atom. The number of esters is 1. The molecule has 160 valence electrons. The molecule has 0 aliphatic heterocycles. The van der Waals surface area contributed by atoms with E-state index in [0.29, 0.717) is 11.5 Å². The summed E-state index contributed by atoms with van der Waals surface area (Å²) in [5, 5.41) is 4.20. The first kappa shape index (κ1) is 21.9. The number of carbonyl (C=O) groups excluding carboxylic acids is 2. The van der Waals surface area contributed by atoms with Crippen LogP contribution in [-0.2, 0) is 14.3 Å². The Kier molecular flexibility index (Phi) is 8.02. The molecule has 1 N–H and O–H groups in total. The average Bonchev–Trinajstić information content (AvgIpc) is 2.80. The quantitative estimate of drug-likeness (QED) is 0.296. The van der Waals surface area contributed by atoms with Gasteiger partial charge in [-0.2, -0.15) is 0 Å². The van der Waals surface area contributed by atoms with Crippen molar-refractivity contribution in [2.24, 2.45) is 0 Å². The molecule has 7 nitrogen and oxygen atoms in total. The minimum atomic E-state index is -0.594. The van der Waals surface area contributed by atoms with E-state index in [9.17, 15) is 9.59 Å². The molecule has 0 heterocycles. The summed E-state index contributed by atoms with van der Waals surface area (Å²) in [5.41, 5.74) is 0. The van der Waals surface area contributed by atoms with Crippen LogP contribution < -0.4 is 14.8 Å². The molecule has 1 amide bonds. The summed E-state index contributed by atoms with van der Waals surface area (Å²) < 4.78 is 21.5. The number of fused-ring (bicyclic) bond motifs is 1. The summed E-state index contributed by atoms with van der Waals surface area (Å²) in [6.45, 7) is 4.16. The Balaban J connectivity index is 1.53. The van der Waals surface area contributed by atoms with Gasteiger partial charge < -0.3 is 24.3 Å². The SMILES string of the molecule is C=CC(=O)OCCOCCNC(=O)Oc1ccc(Oc2ccccc2)c2ccccc12. The lowest BCUT2D eigenvalue weighted by Crippen LogP contribution is -2.30. The molecule has 0 saturated carbocycles. The molecule has 3 aromatic carbocycles. The van der Waals surface area contributed by atoms with Crippen LogP contribution in [0, 0.1) is 0 Å². The van der Waals surface area contributed by atoms with E-state index in [4.69, 9.17) is 18.9 Å². The molecule has 0 atom stereocenters. The Morgan fingerprint density at radius 2 is 1.52 bits per heavy atom. The minimum Gasteiger partial charge on any atom is -0.460 e. The zero-order valence-corrected chi connectivity index (χ0v) is 16.9. The number of para-hydroxylation sites is 1. The average molecular weight is 421 g/mol. The van der Waals surface area contributed by atoms with Gasteiger partial charge in [0.1, 0.15) is 23.9 Å². The first-order chi connectivity index (χ1) is 15.2. The number of ether oxygens (including phenoxy) is 4. The van der Waals surface area contributed by atoms with Crippen molar-refractivity contribution in [3.05, 3.63) is 79.4 Å². The zero-order chi connectivity index (χ0) is 21.9. The van der Waals surface area contributed by atoms with Gasteiger partial charge in [0.15, 0.2) is 0 Å². The predicted molar refractivity (Wildman–Crippen MR) is 116 cm³/mol. The van der Waals surface area contributed by atoms with Crippen LogP contribution in [0.5, 0.6) is 17.2 Å². The largest absolute Gasteiger partial charge is 0.460 e. The smallest absolute Gasteiger partial charge is 0.412 e. The minimum absolute atomic E-state index is 0.124. The molecule has 0 radical (unpaired) electrons. The highest BCUT2D eigenvalue weighted by atomic mass is 16.6. The number of benzene rings is 3. The van der Waals surface area contributed by atoms with Crippen LogP contribution in [0.1, 0.15) is 0 Å². The number of hydrogen-bond acceptors (Lipinski definition) is 6. The molecule has 3 aromatic rings. The van der Waals surface area contributed by atoms with Gasteiger partial charge >= 0.3 is 12.1 Å². The molecule has 31 heavy (non-hydrogen) atoms. The van der Waals surface area contributed by atoms with E-state index in [1.54, 1.807) is 12.1 Å². The standard InChI is InChI=1S/C24H23NO6/c1-2-23(26)29-17-16-28-15-14-25-24(27)31-22-13-12-21(19-10-6-7-11-20(19)22)30-18-8-4-3-5-9-18/h2-13H,1,14-17H2,(H,25,27). The molecule has 0 bridgehead atoms. The number of nitrogens with one attached hydrogen (secondary N) is 1. The van der Waals surface area contributed by atoms with Crippen molar-refractivity contribution in [1.29, 1.82) is 0 Å². The van der Waals surface area contributed by atoms with E-state index in [-0.39, 0.29) is 26.4 Å². The fourth-order valence-corrected chi connectivity index (χ4v) is 2.76. The first-order valence-corrected chi connectivity index (χ1v) is 9.74. The van der Waals surface area contributed by atoms with Crippen LogP contribution in [0.2, 0.25) is 0 Å². The summed E-state index contributed by atoms with van der Waals surface area (Å²) in [6.07, 6.45) is 0.491. The maximum atomic E-state index is 12.1. The van der Waals surface area contributed by atoms with Crippen molar-refractivity contribution >= 4 is 22.8 Å². The summed E-state index contributed by atoms with van der Waals surface area (Å²) in [5.74, 6) is 1.31. The lowest BCUT2D eigenvalue weighted by atomic mass is 10.1. The second kappa shape index (κ2) is 11.4. The van der Waals surface area contributed by atoms with E-state index in [1.165, 1.54) is 0 Å². The summed E-state index contributed by atoms with van der Waals surface area (Å²) in [6, 6.07) is 20.5. The van der Waals surface area contributed by atoms with E-state index >= 15 is 0 Å². The number of amides is 1. The van der Waals surface area contributed by atoms with Gasteiger partial charge in [-0.25, -0.2) is 9.59 Å². The molecule has 3 rings (SSSR count). The number of hydrogen-bond donors (Lipinski definition) is 1. The molecule has 7 heteroatoms. The predicted octanol–water partition coefficient (Wildman–Crippen LogP) is 4.47. The molecule has 0 fully saturated rings. The molecular weight excluding hydrogens is 398 g/mol. The molecule has 0 aliphatic carbocycles. The van der Waals surface area contributed by atoms with Crippen LogP contribution >= 0.6 is 0 Å². The van der Waals surface area contributed by atoms with Gasteiger partial charge in [0.2, 0.25) is 0 Å². The normalized spacial score (nSPS) is 10.3. The highest BCUT2D eigenvalue weighted by molar-refractivity contribution is 5.94. The molecule has 0 unspecified atom stereocenters. The van der Waals surface area contributed by atoms with Crippen molar-refractivity contribution < 1.29 is 28.5 Å². The number of rotatable bonds is 10. The van der Waals surface area contributed by atoms with Crippen molar-refractivity contribution in [1.82, 2.24) is 5.32 Å². The summed E-state index contributed by atoms with van der Waals surface area (Å²) in [4.78, 5) is 23.0. The third kappa shape index (κ3) is 6.58. The fraction of sp³-hybridized carbons (Fsp3) is 0.167. The Hall–Kier alpha value is -3.84. The van der Waals surface area contributed by atoms with Gasteiger partial charge in [0, 0.05) is 23.4 Å². The van der Waals surface area contributed by atoms with Gasteiger partial charge in [-0.1, -0.05) is 49.0 Å². The molecule has 0 saturated heterocycles. The maximum Gasteiger partial charge on any atom is 0.412 e. The van der Waals surface area contributed by atoms with Crippen molar-refractivity contribution in [2.75, 3.05) is 26.4 Å². The lowest BCUT2D eigenvalue weighted by Gasteiger charge is -2.13. The summed E-state index contributed by atoms with van der Waals surface area (Å²) >= 11 is 0. The van der Waals surface area contributed by atoms with Crippen molar-refractivity contribution in [2.45, 2.75) is 0 Å². The summed E-state index contributed by atoms with van der Waals surface area (Å²) in [7, 11) is 0. The molecular formula is C24H23NO6. The van der Waals surface area contributed by atoms with Crippen LogP contribution in [0.3, 0.4) is 0 Å². The van der Waals surface area contributed by atoms with Gasteiger partial charge in [-0.3, -0.25) is 0 Å². The van der Waals surface area contributed by atoms with Crippen LogP contribution in [-0.4, -0.2) is 38.4 Å². The Morgan fingerprint density at radius 3 is 2.26 bits per heavy atom. The second-order valence-corrected chi connectivity index (χ2v) is 6.32. The first-order valence-electron chi connectivity index (χ1n) is 9.74. The van der Waals surface area contributed by atoms with E-state index < -0.39 is 12.1 Å². The van der Waals surface area contributed by atoms with E-state index in [0.717, 1.165) is 22.6 Å². The molecule has 0 spiro atoms. The van der Waals surface area contributed by atoms with Crippen molar-refractivity contribution in [3.63, 3.8) is 0 Å². The highest BCUT2D eigenvalue weighted by Gasteiger charge is 2.12. The van der Waals surface area contributed by atoms with Crippen LogP contribution in [0.15, 0.2) is 79.4 Å². The monoisotopic (exact) mass is 421 g/mol. The van der Waals surface area contributed by atoms with Gasteiger partial charge in [-0.15, -0.1) is 0 Å². The topological polar surface area (TPSA) is 83.1 Å². The van der Waals surface area contributed by atoms with Gasteiger partial charge in [0.25, 0.3) is 0 Å². The van der Waals surface area contributed by atoms with Crippen molar-refractivity contribution in [3.8, 4) is 17.2 Å².